The van der Waals surface area contributed by atoms with Crippen LogP contribution in [0.25, 0.3) is 0 Å². The zero-order valence-electron chi connectivity index (χ0n) is 12.2. The average Bonchev–Trinajstić information content (AvgIpc) is 2.95. The first-order valence-electron chi connectivity index (χ1n) is 6.84. The van der Waals surface area contributed by atoms with Gasteiger partial charge in [-0.2, -0.15) is 5.10 Å². The predicted octanol–water partition coefficient (Wildman–Crippen LogP) is 1.47. The van der Waals surface area contributed by atoms with Gasteiger partial charge in [0.2, 0.25) is 0 Å². The molecule has 2 rings (SSSR count). The van der Waals surface area contributed by atoms with Crippen LogP contribution in [-0.2, 0) is 23.0 Å². The number of hydrogen-bond acceptors (Lipinski definition) is 4. The Morgan fingerprint density at radius 2 is 2.05 bits per heavy atom. The minimum absolute atomic E-state index is 0.171. The number of nitrogens with one attached hydrogen (secondary N) is 2. The molecule has 1 heterocycles. The maximum absolute atomic E-state index is 12.4. The van der Waals surface area contributed by atoms with Crippen molar-refractivity contribution in [3.8, 4) is 0 Å². The van der Waals surface area contributed by atoms with Crippen molar-refractivity contribution in [1.29, 1.82) is 0 Å². The van der Waals surface area contributed by atoms with Crippen molar-refractivity contribution in [3.05, 3.63) is 42.2 Å². The maximum Gasteiger partial charge on any atom is 0.265 e. The van der Waals surface area contributed by atoms with Crippen LogP contribution in [0.5, 0.6) is 0 Å². The summed E-state index contributed by atoms with van der Waals surface area (Å²) in [5.41, 5.74) is 1.58. The molecule has 0 bridgehead atoms. The number of rotatable bonds is 7. The van der Waals surface area contributed by atoms with E-state index in [2.05, 4.69) is 15.1 Å². The van der Waals surface area contributed by atoms with Crippen LogP contribution >= 0.6 is 0 Å². The lowest BCUT2D eigenvalue weighted by molar-refractivity contribution is 0.582. The number of para-hydroxylation sites is 1. The highest BCUT2D eigenvalue weighted by Crippen LogP contribution is 2.20. The van der Waals surface area contributed by atoms with E-state index in [0.717, 1.165) is 18.5 Å². The quantitative estimate of drug-likeness (QED) is 0.812. The highest BCUT2D eigenvalue weighted by atomic mass is 32.2. The molecule has 1 aromatic carbocycles. The molecule has 0 aliphatic heterocycles. The van der Waals surface area contributed by atoms with Gasteiger partial charge >= 0.3 is 0 Å². The molecule has 114 valence electrons. The van der Waals surface area contributed by atoms with Crippen LogP contribution in [0.15, 0.2) is 41.6 Å². The molecule has 0 radical (unpaired) electrons. The Balaban J connectivity index is 2.20. The minimum atomic E-state index is -3.60. The second-order valence-corrected chi connectivity index (χ2v) is 6.34. The summed E-state index contributed by atoms with van der Waals surface area (Å²) in [5, 5.41) is 7.05. The van der Waals surface area contributed by atoms with Crippen LogP contribution in [-0.4, -0.2) is 31.8 Å². The normalized spacial score (nSPS) is 11.5. The van der Waals surface area contributed by atoms with E-state index < -0.39 is 10.0 Å². The summed E-state index contributed by atoms with van der Waals surface area (Å²) in [6, 6.07) is 7.38. The summed E-state index contributed by atoms with van der Waals surface area (Å²) in [6.07, 6.45) is 3.67. The van der Waals surface area contributed by atoms with E-state index in [0.29, 0.717) is 12.2 Å². The number of hydrogen-bond donors (Lipinski definition) is 2. The van der Waals surface area contributed by atoms with Crippen LogP contribution in [0.1, 0.15) is 12.5 Å². The molecule has 2 aromatic rings. The van der Waals surface area contributed by atoms with Gasteiger partial charge in [0.15, 0.2) is 0 Å². The van der Waals surface area contributed by atoms with Gasteiger partial charge in [0, 0.05) is 12.7 Å². The molecule has 0 saturated heterocycles. The van der Waals surface area contributed by atoms with E-state index in [-0.39, 0.29) is 4.90 Å². The van der Waals surface area contributed by atoms with E-state index in [1.165, 1.54) is 12.4 Å². The van der Waals surface area contributed by atoms with Crippen LogP contribution < -0.4 is 10.0 Å². The Morgan fingerprint density at radius 1 is 1.29 bits per heavy atom. The lowest BCUT2D eigenvalue weighted by atomic mass is 10.1. The molecular weight excluding hydrogens is 288 g/mol. The second-order valence-electron chi connectivity index (χ2n) is 4.66. The zero-order chi connectivity index (χ0) is 15.3. The number of likely N-dealkylation sites (N-methyl/N-ethyl adjacent to an activating group) is 1. The summed E-state index contributed by atoms with van der Waals surface area (Å²) in [4.78, 5) is 0.171. The van der Waals surface area contributed by atoms with Crippen molar-refractivity contribution >= 4 is 15.7 Å². The van der Waals surface area contributed by atoms with Gasteiger partial charge in [-0.1, -0.05) is 25.1 Å². The van der Waals surface area contributed by atoms with Crippen LogP contribution in [0.2, 0.25) is 0 Å². The summed E-state index contributed by atoms with van der Waals surface area (Å²) in [5.74, 6) is 0. The van der Waals surface area contributed by atoms with Gasteiger partial charge in [-0.05, 0) is 25.1 Å². The van der Waals surface area contributed by atoms with E-state index in [1.807, 2.05) is 32.2 Å². The lowest BCUT2D eigenvalue weighted by Crippen LogP contribution is -2.15. The SMILES string of the molecule is CCc1ccccc1NS(=O)(=O)c1cnn(CCNC)c1. The molecule has 0 aliphatic rings. The van der Waals surface area contributed by atoms with Gasteiger partial charge in [-0.25, -0.2) is 8.42 Å². The molecule has 7 heteroatoms. The van der Waals surface area contributed by atoms with Gasteiger partial charge in [-0.3, -0.25) is 9.40 Å². The topological polar surface area (TPSA) is 76.0 Å². The summed E-state index contributed by atoms with van der Waals surface area (Å²) in [6.45, 7) is 3.34. The molecule has 6 nitrogen and oxygen atoms in total. The largest absolute Gasteiger partial charge is 0.318 e. The number of aryl methyl sites for hydroxylation is 1. The molecule has 21 heavy (non-hydrogen) atoms. The first-order chi connectivity index (χ1) is 10.1. The van der Waals surface area contributed by atoms with Crippen molar-refractivity contribution in [2.24, 2.45) is 0 Å². The Hall–Kier alpha value is -1.86. The van der Waals surface area contributed by atoms with Crippen LogP contribution in [0, 0.1) is 0 Å². The third-order valence-corrected chi connectivity index (χ3v) is 4.47. The average molecular weight is 308 g/mol. The van der Waals surface area contributed by atoms with Crippen LogP contribution in [0.4, 0.5) is 5.69 Å². The number of aromatic nitrogens is 2. The van der Waals surface area contributed by atoms with Gasteiger partial charge in [0.1, 0.15) is 4.90 Å². The standard InChI is InChI=1S/C14H20N4O2S/c1-3-12-6-4-5-7-14(12)17-21(19,20)13-10-16-18(11-13)9-8-15-2/h4-7,10-11,15,17H,3,8-9H2,1-2H3. The third-order valence-electron chi connectivity index (χ3n) is 3.15. The highest BCUT2D eigenvalue weighted by Gasteiger charge is 2.17. The predicted molar refractivity (Wildman–Crippen MR) is 82.8 cm³/mol. The molecule has 0 fully saturated rings. The molecular formula is C14H20N4O2S. The molecule has 0 atom stereocenters. The molecule has 1 aromatic heterocycles. The smallest absolute Gasteiger partial charge is 0.265 e. The monoisotopic (exact) mass is 308 g/mol. The van der Waals surface area contributed by atoms with Crippen molar-refractivity contribution in [1.82, 2.24) is 15.1 Å². The highest BCUT2D eigenvalue weighted by molar-refractivity contribution is 7.92. The Labute approximate surface area is 125 Å². The van der Waals surface area contributed by atoms with E-state index >= 15 is 0 Å². The fourth-order valence-corrected chi connectivity index (χ4v) is 3.02. The van der Waals surface area contributed by atoms with Crippen molar-refractivity contribution < 1.29 is 8.42 Å². The van der Waals surface area contributed by atoms with E-state index in [1.54, 1.807) is 10.7 Å². The minimum Gasteiger partial charge on any atom is -0.318 e. The van der Waals surface area contributed by atoms with Crippen molar-refractivity contribution in [2.75, 3.05) is 18.3 Å². The Kier molecular flexibility index (Phi) is 4.98. The van der Waals surface area contributed by atoms with Crippen molar-refractivity contribution in [3.63, 3.8) is 0 Å². The first kappa shape index (κ1) is 15.5. The fraction of sp³-hybridized carbons (Fsp3) is 0.357. The van der Waals surface area contributed by atoms with Gasteiger partial charge < -0.3 is 5.32 Å². The lowest BCUT2D eigenvalue weighted by Gasteiger charge is -2.10. The number of benzene rings is 1. The summed E-state index contributed by atoms with van der Waals surface area (Å²) < 4.78 is 29.0. The second kappa shape index (κ2) is 6.73. The molecule has 0 spiro atoms. The van der Waals surface area contributed by atoms with Gasteiger partial charge in [0.05, 0.1) is 18.4 Å². The maximum atomic E-state index is 12.4. The molecule has 0 unspecified atom stereocenters. The Morgan fingerprint density at radius 3 is 2.76 bits per heavy atom. The third kappa shape index (κ3) is 3.83. The number of nitrogens with zero attached hydrogens (tertiary/aromatic N) is 2. The van der Waals surface area contributed by atoms with E-state index in [9.17, 15) is 8.42 Å². The van der Waals surface area contributed by atoms with Gasteiger partial charge in [-0.15, -0.1) is 0 Å². The van der Waals surface area contributed by atoms with E-state index in [4.69, 9.17) is 0 Å². The van der Waals surface area contributed by atoms with Crippen molar-refractivity contribution in [2.45, 2.75) is 24.8 Å². The molecule has 0 amide bonds. The fourth-order valence-electron chi connectivity index (χ4n) is 1.96. The number of sulfonamides is 1. The summed E-state index contributed by atoms with van der Waals surface area (Å²) >= 11 is 0. The molecule has 2 N–H and O–H groups in total. The number of anilines is 1. The summed E-state index contributed by atoms with van der Waals surface area (Å²) in [7, 11) is -1.77. The zero-order valence-corrected chi connectivity index (χ0v) is 13.0. The molecule has 0 saturated carbocycles. The molecule has 0 aliphatic carbocycles. The Bertz CT molecular complexity index is 695. The van der Waals surface area contributed by atoms with Gasteiger partial charge in [0.25, 0.3) is 10.0 Å². The first-order valence-corrected chi connectivity index (χ1v) is 8.33. The van der Waals surface area contributed by atoms with Crippen LogP contribution in [0.3, 0.4) is 0 Å².